The van der Waals surface area contributed by atoms with E-state index >= 15 is 0 Å². The summed E-state index contributed by atoms with van der Waals surface area (Å²) in [7, 11) is 0. The van der Waals surface area contributed by atoms with Crippen molar-refractivity contribution in [3.05, 3.63) is 81.8 Å². The van der Waals surface area contributed by atoms with E-state index in [1.807, 2.05) is 19.1 Å². The molecular formula is C22H15Cl2FN4OS. The van der Waals surface area contributed by atoms with Gasteiger partial charge in [-0.3, -0.25) is 4.98 Å². The molecule has 0 saturated carbocycles. The number of aryl methyl sites for hydroxylation is 1. The van der Waals surface area contributed by atoms with E-state index in [1.165, 1.54) is 23.5 Å². The zero-order valence-corrected chi connectivity index (χ0v) is 18.4. The molecule has 0 bridgehead atoms. The smallest absolute Gasteiger partial charge is 0.308 e. The molecule has 0 fully saturated rings. The highest BCUT2D eigenvalue weighted by Gasteiger charge is 2.16. The first-order valence-corrected chi connectivity index (χ1v) is 10.7. The fourth-order valence-electron chi connectivity index (χ4n) is 2.95. The van der Waals surface area contributed by atoms with Gasteiger partial charge in [0.2, 0.25) is 0 Å². The number of hydrogen-bond acceptors (Lipinski definition) is 4. The molecule has 0 atom stereocenters. The average molecular weight is 473 g/mol. The van der Waals surface area contributed by atoms with Crippen LogP contribution in [0.15, 0.2) is 60.9 Å². The zero-order valence-electron chi connectivity index (χ0n) is 16.1. The minimum absolute atomic E-state index is 0.0433. The molecule has 0 unspecified atom stereocenters. The second-order valence-electron chi connectivity index (χ2n) is 6.55. The summed E-state index contributed by atoms with van der Waals surface area (Å²) in [5.74, 6) is -0.556. The number of carbonyl (C=O) groups excluding carboxylic acids is 1. The maximum absolute atomic E-state index is 14.4. The molecule has 0 spiro atoms. The molecule has 4 aromatic rings. The molecule has 5 nitrogen and oxygen atoms in total. The molecule has 156 valence electrons. The standard InChI is InChI=1S/C22H15Cl2FN4OS/c1-12-27-20(13-6-8-26-9-7-13)21(31-12)14-2-5-18(25)19(10-14)29-22(30)28-15-3-4-16(23)17(24)11-15/h2-11H,1H3,(H2,28,29,30). The van der Waals surface area contributed by atoms with Crippen LogP contribution in [-0.2, 0) is 0 Å². The molecule has 2 N–H and O–H groups in total. The number of rotatable bonds is 4. The van der Waals surface area contributed by atoms with Crippen LogP contribution in [0, 0.1) is 12.7 Å². The Bertz CT molecular complexity index is 1260. The van der Waals surface area contributed by atoms with E-state index in [0.717, 1.165) is 26.7 Å². The summed E-state index contributed by atoms with van der Waals surface area (Å²) in [4.78, 5) is 21.9. The predicted molar refractivity (Wildman–Crippen MR) is 125 cm³/mol. The van der Waals surface area contributed by atoms with Crippen molar-refractivity contribution in [2.45, 2.75) is 6.92 Å². The van der Waals surface area contributed by atoms with Crippen molar-refractivity contribution in [2.24, 2.45) is 0 Å². The van der Waals surface area contributed by atoms with Crippen molar-refractivity contribution in [1.29, 1.82) is 0 Å². The second kappa shape index (κ2) is 9.01. The SMILES string of the molecule is Cc1nc(-c2ccncc2)c(-c2ccc(F)c(NC(=O)Nc3ccc(Cl)c(Cl)c3)c2)s1. The number of aromatic nitrogens is 2. The highest BCUT2D eigenvalue weighted by atomic mass is 35.5. The lowest BCUT2D eigenvalue weighted by atomic mass is 10.1. The molecule has 2 amide bonds. The van der Waals surface area contributed by atoms with E-state index in [4.69, 9.17) is 23.2 Å². The fraction of sp³-hybridized carbons (Fsp3) is 0.0455. The molecule has 31 heavy (non-hydrogen) atoms. The second-order valence-corrected chi connectivity index (χ2v) is 8.57. The number of hydrogen-bond donors (Lipinski definition) is 2. The average Bonchev–Trinajstić information content (AvgIpc) is 3.15. The van der Waals surface area contributed by atoms with Crippen LogP contribution in [0.2, 0.25) is 10.0 Å². The van der Waals surface area contributed by atoms with Crippen molar-refractivity contribution in [1.82, 2.24) is 9.97 Å². The van der Waals surface area contributed by atoms with Crippen molar-refractivity contribution in [2.75, 3.05) is 10.6 Å². The molecule has 0 saturated heterocycles. The van der Waals surface area contributed by atoms with Gasteiger partial charge in [-0.05, 0) is 55.0 Å². The minimum Gasteiger partial charge on any atom is -0.308 e. The number of pyridine rings is 1. The Labute approximate surface area is 191 Å². The molecule has 0 aliphatic carbocycles. The number of nitrogens with zero attached hydrogens (tertiary/aromatic N) is 2. The third-order valence-electron chi connectivity index (χ3n) is 4.34. The van der Waals surface area contributed by atoms with Gasteiger partial charge in [-0.1, -0.05) is 29.3 Å². The number of urea groups is 1. The van der Waals surface area contributed by atoms with E-state index in [1.54, 1.807) is 36.7 Å². The van der Waals surface area contributed by atoms with Crippen molar-refractivity contribution in [3.63, 3.8) is 0 Å². The van der Waals surface area contributed by atoms with Crippen LogP contribution in [0.4, 0.5) is 20.6 Å². The van der Waals surface area contributed by atoms with Gasteiger partial charge in [-0.15, -0.1) is 11.3 Å². The first-order valence-electron chi connectivity index (χ1n) is 9.11. The van der Waals surface area contributed by atoms with Gasteiger partial charge in [-0.25, -0.2) is 14.2 Å². The van der Waals surface area contributed by atoms with Gasteiger partial charge >= 0.3 is 6.03 Å². The predicted octanol–water partition coefficient (Wildman–Crippen LogP) is 7.27. The zero-order chi connectivity index (χ0) is 22.0. The van der Waals surface area contributed by atoms with Gasteiger partial charge < -0.3 is 10.6 Å². The number of nitrogens with one attached hydrogen (secondary N) is 2. The van der Waals surface area contributed by atoms with Gasteiger partial charge in [0.25, 0.3) is 0 Å². The third kappa shape index (κ3) is 4.85. The molecule has 4 rings (SSSR count). The number of anilines is 2. The first kappa shape index (κ1) is 21.2. The lowest BCUT2D eigenvalue weighted by Crippen LogP contribution is -2.20. The summed E-state index contributed by atoms with van der Waals surface area (Å²) in [5, 5.41) is 6.70. The summed E-state index contributed by atoms with van der Waals surface area (Å²) in [6.45, 7) is 1.91. The van der Waals surface area contributed by atoms with E-state index in [0.29, 0.717) is 15.7 Å². The summed E-state index contributed by atoms with van der Waals surface area (Å²) >= 11 is 13.3. The lowest BCUT2D eigenvalue weighted by molar-refractivity contribution is 0.262. The van der Waals surface area contributed by atoms with Gasteiger partial charge in [-0.2, -0.15) is 0 Å². The summed E-state index contributed by atoms with van der Waals surface area (Å²) in [6.07, 6.45) is 3.39. The Morgan fingerprint density at radius 3 is 2.48 bits per heavy atom. The molecular weight excluding hydrogens is 458 g/mol. The largest absolute Gasteiger partial charge is 0.323 e. The Morgan fingerprint density at radius 1 is 0.968 bits per heavy atom. The van der Waals surface area contributed by atoms with Crippen LogP contribution in [0.25, 0.3) is 21.7 Å². The highest BCUT2D eigenvalue weighted by Crippen LogP contribution is 2.38. The van der Waals surface area contributed by atoms with Crippen molar-refractivity contribution < 1.29 is 9.18 Å². The van der Waals surface area contributed by atoms with E-state index < -0.39 is 11.8 Å². The Kier molecular flexibility index (Phi) is 6.18. The number of carbonyl (C=O) groups is 1. The van der Waals surface area contributed by atoms with Gasteiger partial charge in [0, 0.05) is 23.6 Å². The normalized spacial score (nSPS) is 10.7. The fourth-order valence-corrected chi connectivity index (χ4v) is 4.18. The lowest BCUT2D eigenvalue weighted by Gasteiger charge is -2.11. The number of halogens is 3. The summed E-state index contributed by atoms with van der Waals surface area (Å²) in [6, 6.07) is 12.4. The Balaban J connectivity index is 1.61. The summed E-state index contributed by atoms with van der Waals surface area (Å²) < 4.78 is 14.4. The molecule has 0 aliphatic heterocycles. The maximum atomic E-state index is 14.4. The van der Waals surface area contributed by atoms with Crippen LogP contribution in [-0.4, -0.2) is 16.0 Å². The van der Waals surface area contributed by atoms with Crippen LogP contribution in [0.1, 0.15) is 5.01 Å². The monoisotopic (exact) mass is 472 g/mol. The number of benzene rings is 2. The van der Waals surface area contributed by atoms with Crippen LogP contribution in [0.3, 0.4) is 0 Å². The summed E-state index contributed by atoms with van der Waals surface area (Å²) in [5.41, 5.74) is 2.90. The third-order valence-corrected chi connectivity index (χ3v) is 6.10. The number of amides is 2. The molecule has 2 aromatic carbocycles. The Morgan fingerprint density at radius 2 is 1.74 bits per heavy atom. The van der Waals surface area contributed by atoms with Crippen LogP contribution >= 0.6 is 34.5 Å². The first-order chi connectivity index (χ1) is 14.9. The molecule has 0 aliphatic rings. The van der Waals surface area contributed by atoms with Crippen molar-refractivity contribution >= 4 is 51.9 Å². The van der Waals surface area contributed by atoms with Gasteiger partial charge in [0.1, 0.15) is 5.82 Å². The van der Waals surface area contributed by atoms with Crippen molar-refractivity contribution in [3.8, 4) is 21.7 Å². The van der Waals surface area contributed by atoms with E-state index in [9.17, 15) is 9.18 Å². The Hall–Kier alpha value is -3.00. The van der Waals surface area contributed by atoms with Crippen LogP contribution in [0.5, 0.6) is 0 Å². The topological polar surface area (TPSA) is 66.9 Å². The molecule has 2 aromatic heterocycles. The van der Waals surface area contributed by atoms with Gasteiger partial charge in [0.15, 0.2) is 0 Å². The maximum Gasteiger partial charge on any atom is 0.323 e. The minimum atomic E-state index is -0.607. The highest BCUT2D eigenvalue weighted by molar-refractivity contribution is 7.15. The quantitative estimate of drug-likeness (QED) is 0.328. The van der Waals surface area contributed by atoms with Gasteiger partial charge in [0.05, 0.1) is 31.3 Å². The number of thiazole rings is 1. The molecule has 2 heterocycles. The van der Waals surface area contributed by atoms with E-state index in [-0.39, 0.29) is 5.69 Å². The van der Waals surface area contributed by atoms with E-state index in [2.05, 4.69) is 20.6 Å². The molecule has 9 heteroatoms. The molecule has 0 radical (unpaired) electrons. The van der Waals surface area contributed by atoms with Crippen LogP contribution < -0.4 is 10.6 Å².